The van der Waals surface area contributed by atoms with Crippen LogP contribution in [0.25, 0.3) is 0 Å². The smallest absolute Gasteiger partial charge is 0.256 e. The van der Waals surface area contributed by atoms with Crippen LogP contribution in [-0.4, -0.2) is 60.6 Å². The van der Waals surface area contributed by atoms with Crippen molar-refractivity contribution in [2.45, 2.75) is 4.90 Å². The number of anilines is 1. The third-order valence-corrected chi connectivity index (χ3v) is 5.54. The Hall–Kier alpha value is -2.09. The van der Waals surface area contributed by atoms with Gasteiger partial charge in [-0.1, -0.05) is 11.6 Å². The van der Waals surface area contributed by atoms with Crippen molar-refractivity contribution >= 4 is 40.9 Å². The van der Waals surface area contributed by atoms with Crippen LogP contribution in [0.3, 0.4) is 0 Å². The van der Waals surface area contributed by atoms with Crippen molar-refractivity contribution in [1.82, 2.24) is 9.80 Å². The lowest BCUT2D eigenvalue weighted by atomic mass is 10.1. The van der Waals surface area contributed by atoms with E-state index in [0.717, 1.165) is 10.6 Å². The Morgan fingerprint density at radius 1 is 1.11 bits per heavy atom. The Labute approximate surface area is 172 Å². The summed E-state index contributed by atoms with van der Waals surface area (Å²) in [5.41, 5.74) is 0.737. The van der Waals surface area contributed by atoms with Crippen LogP contribution in [0.2, 0.25) is 5.02 Å². The van der Waals surface area contributed by atoms with E-state index in [1.54, 1.807) is 16.7 Å². The molecule has 1 heterocycles. The molecular formula is C20H21ClFN3O2S. The Morgan fingerprint density at radius 3 is 2.43 bits per heavy atom. The van der Waals surface area contributed by atoms with Crippen molar-refractivity contribution in [3.8, 4) is 0 Å². The van der Waals surface area contributed by atoms with E-state index in [1.807, 2.05) is 35.4 Å². The molecule has 0 aromatic heterocycles. The molecule has 0 bridgehead atoms. The summed E-state index contributed by atoms with van der Waals surface area (Å²) in [6, 6.07) is 11.6. The van der Waals surface area contributed by atoms with Crippen LogP contribution in [0.1, 0.15) is 10.4 Å². The fourth-order valence-corrected chi connectivity index (χ4v) is 3.60. The van der Waals surface area contributed by atoms with E-state index in [9.17, 15) is 14.0 Å². The number of piperazine rings is 1. The van der Waals surface area contributed by atoms with Crippen molar-refractivity contribution in [2.75, 3.05) is 44.3 Å². The van der Waals surface area contributed by atoms with Gasteiger partial charge in [-0.15, -0.1) is 11.8 Å². The molecule has 2 aromatic rings. The predicted molar refractivity (Wildman–Crippen MR) is 111 cm³/mol. The Bertz CT molecular complexity index is 855. The number of rotatable bonds is 5. The average molecular weight is 422 g/mol. The van der Waals surface area contributed by atoms with E-state index < -0.39 is 5.82 Å². The van der Waals surface area contributed by atoms with E-state index in [4.69, 9.17) is 11.6 Å². The highest BCUT2D eigenvalue weighted by molar-refractivity contribution is 7.98. The van der Waals surface area contributed by atoms with E-state index >= 15 is 0 Å². The maximum absolute atomic E-state index is 13.9. The number of nitrogens with zero attached hydrogens (tertiary/aromatic N) is 2. The van der Waals surface area contributed by atoms with Crippen molar-refractivity contribution in [2.24, 2.45) is 0 Å². The summed E-state index contributed by atoms with van der Waals surface area (Å²) in [6.45, 7) is 2.21. The minimum absolute atomic E-state index is 0.0209. The number of benzene rings is 2. The molecule has 0 aliphatic carbocycles. The highest BCUT2D eigenvalue weighted by atomic mass is 35.5. The summed E-state index contributed by atoms with van der Waals surface area (Å²) in [4.78, 5) is 29.5. The molecule has 2 aromatic carbocycles. The third-order valence-electron chi connectivity index (χ3n) is 4.56. The first-order valence-corrected chi connectivity index (χ1v) is 10.5. The zero-order valence-corrected chi connectivity index (χ0v) is 17.0. The largest absolute Gasteiger partial charge is 0.336 e. The first-order valence-electron chi connectivity index (χ1n) is 8.87. The summed E-state index contributed by atoms with van der Waals surface area (Å²) >= 11 is 7.52. The lowest BCUT2D eigenvalue weighted by Gasteiger charge is -2.34. The maximum atomic E-state index is 13.9. The molecule has 1 N–H and O–H groups in total. The summed E-state index contributed by atoms with van der Waals surface area (Å²) < 4.78 is 13.9. The summed E-state index contributed by atoms with van der Waals surface area (Å²) in [5.74, 6) is -1.06. The van der Waals surface area contributed by atoms with Gasteiger partial charge in [-0.25, -0.2) is 4.39 Å². The van der Waals surface area contributed by atoms with Gasteiger partial charge in [0.1, 0.15) is 5.82 Å². The number of hydrogen-bond acceptors (Lipinski definition) is 4. The lowest BCUT2D eigenvalue weighted by molar-refractivity contribution is -0.117. The topological polar surface area (TPSA) is 52.7 Å². The van der Waals surface area contributed by atoms with Crippen molar-refractivity contribution < 1.29 is 14.0 Å². The van der Waals surface area contributed by atoms with Crippen LogP contribution in [0.5, 0.6) is 0 Å². The number of carbonyl (C=O) groups is 2. The van der Waals surface area contributed by atoms with Gasteiger partial charge in [-0.2, -0.15) is 0 Å². The minimum atomic E-state index is -0.580. The van der Waals surface area contributed by atoms with Gasteiger partial charge in [0.2, 0.25) is 5.91 Å². The number of thioether (sulfide) groups is 1. The van der Waals surface area contributed by atoms with E-state index in [2.05, 4.69) is 5.32 Å². The van der Waals surface area contributed by atoms with Gasteiger partial charge in [0.25, 0.3) is 5.91 Å². The molecule has 148 valence electrons. The zero-order chi connectivity index (χ0) is 20.1. The second kappa shape index (κ2) is 9.41. The molecule has 0 radical (unpaired) electrons. The number of hydrogen-bond donors (Lipinski definition) is 1. The Balaban J connectivity index is 1.50. The molecule has 8 heteroatoms. The molecule has 1 fully saturated rings. The third kappa shape index (κ3) is 5.25. The quantitative estimate of drug-likeness (QED) is 0.749. The van der Waals surface area contributed by atoms with Crippen LogP contribution in [-0.2, 0) is 4.79 Å². The molecule has 0 spiro atoms. The van der Waals surface area contributed by atoms with Gasteiger partial charge in [0, 0.05) is 41.8 Å². The van der Waals surface area contributed by atoms with Gasteiger partial charge in [-0.05, 0) is 48.7 Å². The van der Waals surface area contributed by atoms with Gasteiger partial charge in [0.15, 0.2) is 0 Å². The van der Waals surface area contributed by atoms with Crippen LogP contribution in [0.4, 0.5) is 10.1 Å². The first-order chi connectivity index (χ1) is 13.5. The molecule has 1 aliphatic heterocycles. The molecule has 0 unspecified atom stereocenters. The molecule has 5 nitrogen and oxygen atoms in total. The van der Waals surface area contributed by atoms with E-state index in [-0.39, 0.29) is 23.9 Å². The van der Waals surface area contributed by atoms with Gasteiger partial charge >= 0.3 is 0 Å². The monoisotopic (exact) mass is 421 g/mol. The molecule has 28 heavy (non-hydrogen) atoms. The van der Waals surface area contributed by atoms with E-state index in [0.29, 0.717) is 31.2 Å². The molecule has 1 saturated heterocycles. The Kier molecular flexibility index (Phi) is 6.93. The number of halogens is 2. The van der Waals surface area contributed by atoms with Gasteiger partial charge in [0.05, 0.1) is 12.1 Å². The molecule has 0 saturated carbocycles. The predicted octanol–water partition coefficient (Wildman–Crippen LogP) is 3.60. The van der Waals surface area contributed by atoms with Gasteiger partial charge < -0.3 is 10.2 Å². The Morgan fingerprint density at radius 2 is 1.79 bits per heavy atom. The van der Waals surface area contributed by atoms with E-state index in [1.165, 1.54) is 18.2 Å². The fourth-order valence-electron chi connectivity index (χ4n) is 3.02. The van der Waals surface area contributed by atoms with Crippen LogP contribution in [0.15, 0.2) is 47.4 Å². The summed E-state index contributed by atoms with van der Waals surface area (Å²) in [5, 5.41) is 3.20. The molecule has 0 atom stereocenters. The normalized spacial score (nSPS) is 14.8. The zero-order valence-electron chi connectivity index (χ0n) is 15.5. The highest BCUT2D eigenvalue weighted by Crippen LogP contribution is 2.19. The molecule has 1 aliphatic rings. The second-order valence-electron chi connectivity index (χ2n) is 6.47. The molecule has 2 amide bonds. The number of amides is 2. The first kappa shape index (κ1) is 20.6. The lowest BCUT2D eigenvalue weighted by Crippen LogP contribution is -2.50. The fraction of sp³-hybridized carbons (Fsp3) is 0.300. The highest BCUT2D eigenvalue weighted by Gasteiger charge is 2.25. The van der Waals surface area contributed by atoms with Gasteiger partial charge in [-0.3, -0.25) is 14.5 Å². The SMILES string of the molecule is CSc1ccc(NC(=O)CN2CCN(C(=O)c3cc(Cl)ccc3F)CC2)cc1. The number of carbonyl (C=O) groups excluding carboxylic acids is 2. The van der Waals surface area contributed by atoms with Crippen molar-refractivity contribution in [3.05, 3.63) is 58.9 Å². The average Bonchev–Trinajstić information content (AvgIpc) is 2.70. The van der Waals surface area contributed by atoms with Crippen LogP contribution < -0.4 is 5.32 Å². The van der Waals surface area contributed by atoms with Crippen molar-refractivity contribution in [3.63, 3.8) is 0 Å². The second-order valence-corrected chi connectivity index (χ2v) is 7.79. The minimum Gasteiger partial charge on any atom is -0.336 e. The maximum Gasteiger partial charge on any atom is 0.256 e. The summed E-state index contributed by atoms with van der Waals surface area (Å²) in [6.07, 6.45) is 2.00. The van der Waals surface area contributed by atoms with Crippen LogP contribution >= 0.6 is 23.4 Å². The molecule has 3 rings (SSSR count). The number of nitrogens with one attached hydrogen (secondary N) is 1. The molecular weight excluding hydrogens is 401 g/mol. The summed E-state index contributed by atoms with van der Waals surface area (Å²) in [7, 11) is 0. The standard InChI is InChI=1S/C20H21ClFN3O2S/c1-28-16-5-3-15(4-6-16)23-19(26)13-24-8-10-25(11-9-24)20(27)17-12-14(21)2-7-18(17)22/h2-7,12H,8-11,13H2,1H3,(H,23,26). The van der Waals surface area contributed by atoms with Crippen molar-refractivity contribution in [1.29, 1.82) is 0 Å². The van der Waals surface area contributed by atoms with Crippen LogP contribution in [0, 0.1) is 5.82 Å².